The van der Waals surface area contributed by atoms with Crippen LogP contribution in [0.4, 0.5) is 5.69 Å². The van der Waals surface area contributed by atoms with Crippen LogP contribution in [0.25, 0.3) is 0 Å². The molecule has 0 fully saturated rings. The van der Waals surface area contributed by atoms with Crippen molar-refractivity contribution < 1.29 is 28.3 Å². The zero-order chi connectivity index (χ0) is 25.4. The lowest BCUT2D eigenvalue weighted by Gasteiger charge is -2.07. The summed E-state index contributed by atoms with van der Waals surface area (Å²) in [5.41, 5.74) is 2.95. The Morgan fingerprint density at radius 2 is 1.60 bits per heavy atom. The number of halogens is 2. The highest BCUT2D eigenvalue weighted by Gasteiger charge is 2.15. The van der Waals surface area contributed by atoms with Gasteiger partial charge in [-0.25, -0.2) is 5.43 Å². The Morgan fingerprint density at radius 3 is 2.23 bits per heavy atom. The first-order valence-corrected chi connectivity index (χ1v) is 10.7. The fourth-order valence-electron chi connectivity index (χ4n) is 2.78. The number of nitrogens with zero attached hydrogens (tertiary/aromatic N) is 1. The van der Waals surface area contributed by atoms with Crippen molar-refractivity contribution in [3.63, 3.8) is 0 Å². The van der Waals surface area contributed by atoms with Gasteiger partial charge in [-0.2, -0.15) is 5.10 Å². The van der Waals surface area contributed by atoms with Crippen LogP contribution in [0.15, 0.2) is 58.0 Å². The highest BCUT2D eigenvalue weighted by atomic mass is 35.5. The zero-order valence-corrected chi connectivity index (χ0v) is 20.1. The minimum atomic E-state index is -0.895. The van der Waals surface area contributed by atoms with Crippen LogP contribution in [0.5, 0.6) is 11.5 Å². The van der Waals surface area contributed by atoms with Crippen LogP contribution < -0.4 is 25.5 Å². The molecule has 10 nitrogen and oxygen atoms in total. The van der Waals surface area contributed by atoms with E-state index in [0.717, 1.165) is 0 Å². The molecule has 0 spiro atoms. The van der Waals surface area contributed by atoms with E-state index >= 15 is 0 Å². The molecule has 0 radical (unpaired) electrons. The lowest BCUT2D eigenvalue weighted by atomic mass is 10.2. The van der Waals surface area contributed by atoms with Gasteiger partial charge in [-0.1, -0.05) is 23.2 Å². The predicted octanol–water partition coefficient (Wildman–Crippen LogP) is 3.62. The smallest absolute Gasteiger partial charge is 0.313 e. The monoisotopic (exact) mass is 518 g/mol. The number of carbonyl (C=O) groups excluding carboxylic acids is 3. The number of ether oxygens (including phenoxy) is 2. The second-order valence-electron chi connectivity index (χ2n) is 6.90. The van der Waals surface area contributed by atoms with E-state index in [1.54, 1.807) is 18.2 Å². The van der Waals surface area contributed by atoms with Gasteiger partial charge >= 0.3 is 11.8 Å². The molecule has 35 heavy (non-hydrogen) atoms. The number of hydrogen-bond acceptors (Lipinski definition) is 7. The molecule has 0 saturated heterocycles. The van der Waals surface area contributed by atoms with E-state index in [-0.39, 0.29) is 12.2 Å². The number of amides is 3. The van der Waals surface area contributed by atoms with Crippen molar-refractivity contribution in [2.45, 2.75) is 6.54 Å². The van der Waals surface area contributed by atoms with Crippen molar-refractivity contribution in [3.05, 3.63) is 75.7 Å². The van der Waals surface area contributed by atoms with Crippen LogP contribution in [0.2, 0.25) is 10.0 Å². The normalized spacial score (nSPS) is 10.6. The van der Waals surface area contributed by atoms with Crippen molar-refractivity contribution >= 4 is 52.8 Å². The SMILES string of the molecule is COc1cc(OC)cc(C(=O)N/N=C\c2ccc(CNC(=O)C(=O)Nc3cc(Cl)cc(Cl)c3)o2)c1. The third-order valence-corrected chi connectivity index (χ3v) is 4.84. The fourth-order valence-corrected chi connectivity index (χ4v) is 3.30. The van der Waals surface area contributed by atoms with Crippen LogP contribution >= 0.6 is 23.2 Å². The lowest BCUT2D eigenvalue weighted by Crippen LogP contribution is -2.34. The van der Waals surface area contributed by atoms with Crippen LogP contribution in [0.3, 0.4) is 0 Å². The molecule has 0 aliphatic rings. The molecule has 182 valence electrons. The molecule has 0 aliphatic heterocycles. The molecule has 0 aliphatic carbocycles. The summed E-state index contributed by atoms with van der Waals surface area (Å²) in [6.07, 6.45) is 1.29. The van der Waals surface area contributed by atoms with E-state index in [0.29, 0.717) is 38.6 Å². The van der Waals surface area contributed by atoms with Gasteiger partial charge in [0.1, 0.15) is 23.0 Å². The average Bonchev–Trinajstić information content (AvgIpc) is 3.28. The summed E-state index contributed by atoms with van der Waals surface area (Å²) < 4.78 is 15.8. The van der Waals surface area contributed by atoms with Gasteiger partial charge in [0, 0.05) is 27.4 Å². The number of rotatable bonds is 8. The topological polar surface area (TPSA) is 131 Å². The molecule has 1 aromatic heterocycles. The molecule has 12 heteroatoms. The molecular weight excluding hydrogens is 499 g/mol. The quantitative estimate of drug-likeness (QED) is 0.237. The molecular formula is C23H20Cl2N4O6. The first kappa shape index (κ1) is 25.6. The maximum Gasteiger partial charge on any atom is 0.313 e. The van der Waals surface area contributed by atoms with Crippen molar-refractivity contribution in [2.24, 2.45) is 5.10 Å². The minimum Gasteiger partial charge on any atom is -0.497 e. The second-order valence-corrected chi connectivity index (χ2v) is 7.77. The number of anilines is 1. The van der Waals surface area contributed by atoms with Gasteiger partial charge in [0.2, 0.25) is 0 Å². The van der Waals surface area contributed by atoms with Crippen molar-refractivity contribution in [1.82, 2.24) is 10.7 Å². The Kier molecular flexibility index (Phi) is 8.71. The fraction of sp³-hybridized carbons (Fsp3) is 0.130. The Morgan fingerprint density at radius 1 is 0.943 bits per heavy atom. The molecule has 3 amide bonds. The molecule has 3 rings (SSSR count). The number of hydrazone groups is 1. The van der Waals surface area contributed by atoms with Gasteiger partial charge in [0.25, 0.3) is 5.91 Å². The van der Waals surface area contributed by atoms with E-state index in [4.69, 9.17) is 37.1 Å². The number of furan rings is 1. The molecule has 0 unspecified atom stereocenters. The maximum atomic E-state index is 12.3. The van der Waals surface area contributed by atoms with Crippen LogP contribution in [0.1, 0.15) is 21.9 Å². The Hall–Kier alpha value is -4.02. The van der Waals surface area contributed by atoms with Gasteiger partial charge in [0.15, 0.2) is 0 Å². The standard InChI is InChI=1S/C23H20Cl2N4O6/c1-33-19-5-13(6-20(10-19)34-2)21(30)29-27-12-18-4-3-17(35-18)11-26-22(31)23(32)28-16-8-14(24)7-15(25)9-16/h3-10,12H,11H2,1-2H3,(H,26,31)(H,28,32)(H,29,30)/b27-12-. The largest absolute Gasteiger partial charge is 0.497 e. The second kappa shape index (κ2) is 11.9. The van der Waals surface area contributed by atoms with Gasteiger partial charge in [-0.3, -0.25) is 14.4 Å². The number of hydrogen-bond donors (Lipinski definition) is 3. The van der Waals surface area contributed by atoms with Gasteiger partial charge in [0.05, 0.1) is 27.0 Å². The number of carbonyl (C=O) groups is 3. The summed E-state index contributed by atoms with van der Waals surface area (Å²) in [5.74, 6) is -0.660. The van der Waals surface area contributed by atoms with Gasteiger partial charge in [-0.05, 0) is 42.5 Å². The first-order valence-electron chi connectivity index (χ1n) is 9.98. The third-order valence-electron chi connectivity index (χ3n) is 4.40. The zero-order valence-electron chi connectivity index (χ0n) is 18.6. The van der Waals surface area contributed by atoms with E-state index in [2.05, 4.69) is 21.2 Å². The van der Waals surface area contributed by atoms with Crippen molar-refractivity contribution in [1.29, 1.82) is 0 Å². The van der Waals surface area contributed by atoms with Crippen molar-refractivity contribution in [3.8, 4) is 11.5 Å². The summed E-state index contributed by atoms with van der Waals surface area (Å²) in [6, 6.07) is 12.3. The summed E-state index contributed by atoms with van der Waals surface area (Å²) >= 11 is 11.7. The third kappa shape index (κ3) is 7.49. The summed E-state index contributed by atoms with van der Waals surface area (Å²) in [7, 11) is 2.96. The number of nitrogens with one attached hydrogen (secondary N) is 3. The molecule has 0 bridgehead atoms. The van der Waals surface area contributed by atoms with E-state index in [1.807, 2.05) is 0 Å². The molecule has 0 saturated carbocycles. The average molecular weight is 519 g/mol. The maximum absolute atomic E-state index is 12.3. The molecule has 2 aromatic carbocycles. The van der Waals surface area contributed by atoms with Crippen LogP contribution in [-0.4, -0.2) is 38.2 Å². The lowest BCUT2D eigenvalue weighted by molar-refractivity contribution is -0.136. The van der Waals surface area contributed by atoms with E-state index < -0.39 is 17.7 Å². The number of benzene rings is 2. The molecule has 3 N–H and O–H groups in total. The van der Waals surface area contributed by atoms with Crippen LogP contribution in [-0.2, 0) is 16.1 Å². The molecule has 0 atom stereocenters. The van der Waals surface area contributed by atoms with E-state index in [1.165, 1.54) is 50.8 Å². The summed E-state index contributed by atoms with van der Waals surface area (Å²) in [5, 5.41) is 9.32. The predicted molar refractivity (Wildman–Crippen MR) is 130 cm³/mol. The van der Waals surface area contributed by atoms with Gasteiger partial charge in [-0.15, -0.1) is 0 Å². The highest BCUT2D eigenvalue weighted by molar-refractivity contribution is 6.40. The van der Waals surface area contributed by atoms with Crippen molar-refractivity contribution in [2.75, 3.05) is 19.5 Å². The molecule has 3 aromatic rings. The van der Waals surface area contributed by atoms with Crippen LogP contribution in [0, 0.1) is 0 Å². The summed E-state index contributed by atoms with van der Waals surface area (Å²) in [4.78, 5) is 36.4. The number of methoxy groups -OCH3 is 2. The highest BCUT2D eigenvalue weighted by Crippen LogP contribution is 2.23. The minimum absolute atomic E-state index is 0.0492. The Balaban J connectivity index is 1.50. The summed E-state index contributed by atoms with van der Waals surface area (Å²) in [6.45, 7) is -0.0492. The Bertz CT molecular complexity index is 1230. The Labute approximate surface area is 210 Å². The first-order chi connectivity index (χ1) is 16.8. The van der Waals surface area contributed by atoms with E-state index in [9.17, 15) is 14.4 Å². The molecule has 1 heterocycles. The van der Waals surface area contributed by atoms with Gasteiger partial charge < -0.3 is 24.5 Å².